The molecule has 2 aliphatic rings. The molecule has 2 fully saturated rings. The molecule has 1 aliphatic heterocycles. The Hall–Kier alpha value is -0.530. The van der Waals surface area contributed by atoms with Crippen molar-refractivity contribution in [3.8, 4) is 0 Å². The number of hydrogen-bond donors (Lipinski definition) is 1. The molecule has 62 valence electrons. The van der Waals surface area contributed by atoms with Crippen molar-refractivity contribution in [3.63, 3.8) is 0 Å². The zero-order valence-electron chi connectivity index (χ0n) is 6.81. The first-order valence-corrected chi connectivity index (χ1v) is 4.68. The number of fused-ring (bicyclic) bond motifs is 1. The summed E-state index contributed by atoms with van der Waals surface area (Å²) in [6.45, 7) is 0. The molecule has 2 heteroatoms. The van der Waals surface area contributed by atoms with Crippen LogP contribution in [0.4, 0.5) is 0 Å². The molecule has 2 nitrogen and oxygen atoms in total. The van der Waals surface area contributed by atoms with Crippen molar-refractivity contribution in [1.29, 1.82) is 0 Å². The van der Waals surface area contributed by atoms with Gasteiger partial charge in [0.15, 0.2) is 0 Å². The standard InChI is InChI=1S/C9H15NO/c11-9-7-5-3-1-2-4-6-8(7)10-9/h7-8H,1-6H2,(H,10,11)/t7-,8+/m1/s1. The van der Waals surface area contributed by atoms with E-state index in [1.165, 1.54) is 32.1 Å². The maximum atomic E-state index is 11.0. The van der Waals surface area contributed by atoms with Crippen molar-refractivity contribution < 1.29 is 4.79 Å². The molecule has 0 bridgehead atoms. The average molecular weight is 153 g/mol. The van der Waals surface area contributed by atoms with Gasteiger partial charge in [-0.1, -0.05) is 25.7 Å². The van der Waals surface area contributed by atoms with Crippen LogP contribution in [0.25, 0.3) is 0 Å². The molecule has 0 aromatic heterocycles. The Kier molecular flexibility index (Phi) is 1.84. The summed E-state index contributed by atoms with van der Waals surface area (Å²) in [5, 5.41) is 2.97. The van der Waals surface area contributed by atoms with Crippen LogP contribution in [-0.4, -0.2) is 11.9 Å². The van der Waals surface area contributed by atoms with E-state index in [4.69, 9.17) is 0 Å². The Morgan fingerprint density at radius 1 is 1.09 bits per heavy atom. The van der Waals surface area contributed by atoms with Crippen LogP contribution in [0.5, 0.6) is 0 Å². The van der Waals surface area contributed by atoms with Crippen molar-refractivity contribution in [1.82, 2.24) is 5.32 Å². The lowest BCUT2D eigenvalue weighted by molar-refractivity contribution is -0.135. The normalized spacial score (nSPS) is 37.6. The Bertz CT molecular complexity index is 167. The van der Waals surface area contributed by atoms with Crippen LogP contribution in [0, 0.1) is 5.92 Å². The molecule has 11 heavy (non-hydrogen) atoms. The SMILES string of the molecule is O=C1N[C@H]2CCCCCC[C@@H]12. The van der Waals surface area contributed by atoms with Gasteiger partial charge in [-0.3, -0.25) is 4.79 Å². The summed E-state index contributed by atoms with van der Waals surface area (Å²) in [5.74, 6) is 0.687. The minimum atomic E-state index is 0.303. The van der Waals surface area contributed by atoms with E-state index >= 15 is 0 Å². The molecule has 1 heterocycles. The van der Waals surface area contributed by atoms with E-state index in [1.54, 1.807) is 0 Å². The fourth-order valence-electron chi connectivity index (χ4n) is 2.16. The first-order chi connectivity index (χ1) is 5.38. The van der Waals surface area contributed by atoms with Gasteiger partial charge in [0.25, 0.3) is 0 Å². The van der Waals surface area contributed by atoms with Crippen molar-refractivity contribution in [3.05, 3.63) is 0 Å². The predicted molar refractivity (Wildman–Crippen MR) is 43.1 cm³/mol. The summed E-state index contributed by atoms with van der Waals surface area (Å²) >= 11 is 0. The molecule has 1 aliphatic carbocycles. The van der Waals surface area contributed by atoms with Crippen LogP contribution < -0.4 is 5.32 Å². The molecular formula is C9H15NO. The largest absolute Gasteiger partial charge is 0.352 e. The van der Waals surface area contributed by atoms with Gasteiger partial charge < -0.3 is 5.32 Å². The number of rotatable bonds is 0. The molecule has 1 amide bonds. The number of carbonyl (C=O) groups is 1. The maximum Gasteiger partial charge on any atom is 0.225 e. The average Bonchev–Trinajstić information content (AvgIpc) is 1.96. The highest BCUT2D eigenvalue weighted by Gasteiger charge is 2.38. The number of nitrogens with one attached hydrogen (secondary N) is 1. The van der Waals surface area contributed by atoms with Crippen LogP contribution in [-0.2, 0) is 4.79 Å². The monoisotopic (exact) mass is 153 g/mol. The molecule has 1 N–H and O–H groups in total. The van der Waals surface area contributed by atoms with Gasteiger partial charge in [0.05, 0.1) is 5.92 Å². The first kappa shape index (κ1) is 7.14. The number of β-lactam (4-membered cyclic amide) rings is 1. The highest BCUT2D eigenvalue weighted by atomic mass is 16.2. The molecule has 1 saturated heterocycles. The van der Waals surface area contributed by atoms with Gasteiger partial charge in [-0.05, 0) is 12.8 Å². The lowest BCUT2D eigenvalue weighted by Crippen LogP contribution is -2.58. The van der Waals surface area contributed by atoms with Crippen LogP contribution in [0.3, 0.4) is 0 Å². The molecule has 0 unspecified atom stereocenters. The van der Waals surface area contributed by atoms with Crippen LogP contribution in [0.2, 0.25) is 0 Å². The molecule has 0 radical (unpaired) electrons. The molecule has 0 aromatic rings. The van der Waals surface area contributed by atoms with Crippen molar-refractivity contribution in [2.24, 2.45) is 5.92 Å². The lowest BCUT2D eigenvalue weighted by Gasteiger charge is -2.38. The van der Waals surface area contributed by atoms with Gasteiger partial charge in [-0.2, -0.15) is 0 Å². The minimum absolute atomic E-state index is 0.303. The third kappa shape index (κ3) is 1.26. The highest BCUT2D eigenvalue weighted by Crippen LogP contribution is 2.28. The molecule has 0 spiro atoms. The van der Waals surface area contributed by atoms with E-state index in [-0.39, 0.29) is 0 Å². The van der Waals surface area contributed by atoms with Gasteiger partial charge in [0.2, 0.25) is 5.91 Å². The van der Waals surface area contributed by atoms with Gasteiger partial charge in [-0.15, -0.1) is 0 Å². The van der Waals surface area contributed by atoms with E-state index in [0.29, 0.717) is 17.9 Å². The molecule has 1 saturated carbocycles. The van der Waals surface area contributed by atoms with Crippen LogP contribution >= 0.6 is 0 Å². The smallest absolute Gasteiger partial charge is 0.225 e. The van der Waals surface area contributed by atoms with E-state index in [0.717, 1.165) is 6.42 Å². The summed E-state index contributed by atoms with van der Waals surface area (Å²) in [5.41, 5.74) is 0. The zero-order chi connectivity index (χ0) is 7.68. The topological polar surface area (TPSA) is 29.1 Å². The van der Waals surface area contributed by atoms with Crippen molar-refractivity contribution in [2.45, 2.75) is 44.6 Å². The number of hydrogen-bond acceptors (Lipinski definition) is 1. The second-order valence-corrected chi connectivity index (χ2v) is 3.71. The summed E-state index contributed by atoms with van der Waals surface area (Å²) in [6, 6.07) is 0.544. The Morgan fingerprint density at radius 3 is 2.55 bits per heavy atom. The fraction of sp³-hybridized carbons (Fsp3) is 0.889. The molecular weight excluding hydrogens is 138 g/mol. The van der Waals surface area contributed by atoms with E-state index in [2.05, 4.69) is 5.32 Å². The molecule has 2 rings (SSSR count). The Balaban J connectivity index is 1.92. The Morgan fingerprint density at radius 2 is 1.82 bits per heavy atom. The van der Waals surface area contributed by atoms with E-state index in [9.17, 15) is 4.79 Å². The quantitative estimate of drug-likeness (QED) is 0.524. The van der Waals surface area contributed by atoms with Crippen LogP contribution in [0.1, 0.15) is 38.5 Å². The van der Waals surface area contributed by atoms with Crippen molar-refractivity contribution in [2.75, 3.05) is 0 Å². The fourth-order valence-corrected chi connectivity index (χ4v) is 2.16. The molecule has 2 atom stereocenters. The second kappa shape index (κ2) is 2.84. The minimum Gasteiger partial charge on any atom is -0.352 e. The van der Waals surface area contributed by atoms with Gasteiger partial charge in [0.1, 0.15) is 0 Å². The predicted octanol–water partition coefficient (Wildman–Crippen LogP) is 1.46. The Labute approximate surface area is 67.4 Å². The summed E-state index contributed by atoms with van der Waals surface area (Å²) in [6.07, 6.45) is 7.61. The third-order valence-corrected chi connectivity index (χ3v) is 2.93. The van der Waals surface area contributed by atoms with E-state index in [1.807, 2.05) is 0 Å². The van der Waals surface area contributed by atoms with Gasteiger partial charge in [0, 0.05) is 6.04 Å². The van der Waals surface area contributed by atoms with Crippen molar-refractivity contribution >= 4 is 5.91 Å². The first-order valence-electron chi connectivity index (χ1n) is 4.68. The van der Waals surface area contributed by atoms with Gasteiger partial charge in [-0.25, -0.2) is 0 Å². The highest BCUT2D eigenvalue weighted by molar-refractivity contribution is 5.85. The van der Waals surface area contributed by atoms with E-state index < -0.39 is 0 Å². The zero-order valence-corrected chi connectivity index (χ0v) is 6.81. The lowest BCUT2D eigenvalue weighted by atomic mass is 9.81. The summed E-state index contributed by atoms with van der Waals surface area (Å²) < 4.78 is 0. The number of carbonyl (C=O) groups excluding carboxylic acids is 1. The van der Waals surface area contributed by atoms with Gasteiger partial charge >= 0.3 is 0 Å². The third-order valence-electron chi connectivity index (χ3n) is 2.93. The number of amides is 1. The molecule has 0 aromatic carbocycles. The second-order valence-electron chi connectivity index (χ2n) is 3.71. The summed E-state index contributed by atoms with van der Waals surface area (Å²) in [4.78, 5) is 11.0. The van der Waals surface area contributed by atoms with Crippen LogP contribution in [0.15, 0.2) is 0 Å². The maximum absolute atomic E-state index is 11.0. The summed E-state index contributed by atoms with van der Waals surface area (Å²) in [7, 11) is 0.